The van der Waals surface area contributed by atoms with Gasteiger partial charge in [0.2, 0.25) is 0 Å². The topological polar surface area (TPSA) is 30.5 Å². The normalized spacial score (nSPS) is 13.9. The molecular weight excluding hydrogens is 282 g/mol. The number of halogens is 1. The summed E-state index contributed by atoms with van der Waals surface area (Å²) in [4.78, 5) is 0. The lowest BCUT2D eigenvalue weighted by Crippen LogP contribution is -2.19. The van der Waals surface area contributed by atoms with E-state index in [1.54, 1.807) is 0 Å². The predicted molar refractivity (Wildman–Crippen MR) is 73.1 cm³/mol. The van der Waals surface area contributed by atoms with E-state index < -0.39 is 0 Å². The predicted octanol–water partition coefficient (Wildman–Crippen LogP) is 3.82. The minimum Gasteiger partial charge on any atom is -0.486 e. The van der Waals surface area contributed by atoms with Crippen molar-refractivity contribution in [2.24, 2.45) is 0 Å². The van der Waals surface area contributed by atoms with E-state index in [4.69, 9.17) is 9.47 Å². The lowest BCUT2D eigenvalue weighted by molar-refractivity contribution is 0.171. The molecule has 1 aliphatic heterocycles. The van der Waals surface area contributed by atoms with Crippen LogP contribution in [-0.2, 0) is 0 Å². The van der Waals surface area contributed by atoms with E-state index in [9.17, 15) is 0 Å². The maximum Gasteiger partial charge on any atom is 0.163 e. The summed E-state index contributed by atoms with van der Waals surface area (Å²) < 4.78 is 12.1. The molecule has 4 heteroatoms. The van der Waals surface area contributed by atoms with E-state index in [-0.39, 0.29) is 0 Å². The number of anilines is 1. The van der Waals surface area contributed by atoms with E-state index in [0.29, 0.717) is 19.3 Å². The van der Waals surface area contributed by atoms with Crippen molar-refractivity contribution in [3.8, 4) is 11.5 Å². The Balaban J connectivity index is 2.22. The summed E-state index contributed by atoms with van der Waals surface area (Å²) in [5.74, 6) is 1.64. The van der Waals surface area contributed by atoms with Gasteiger partial charge in [-0.1, -0.05) is 13.8 Å². The molecular formula is C13H18BrNO2. The van der Waals surface area contributed by atoms with Crippen LogP contribution in [-0.4, -0.2) is 19.3 Å². The van der Waals surface area contributed by atoms with Gasteiger partial charge in [0, 0.05) is 22.6 Å². The molecule has 0 atom stereocenters. The fourth-order valence-electron chi connectivity index (χ4n) is 1.89. The highest BCUT2D eigenvalue weighted by atomic mass is 79.9. The van der Waals surface area contributed by atoms with Crippen LogP contribution in [0, 0.1) is 0 Å². The summed E-state index contributed by atoms with van der Waals surface area (Å²) in [6.45, 7) is 5.62. The average Bonchev–Trinajstić information content (AvgIpc) is 2.36. The molecule has 0 bridgehead atoms. The van der Waals surface area contributed by atoms with Crippen LogP contribution in [0.3, 0.4) is 0 Å². The maximum atomic E-state index is 5.58. The molecule has 0 saturated heterocycles. The summed E-state index contributed by atoms with van der Waals surface area (Å²) in [5.41, 5.74) is 1.07. The minimum atomic E-state index is 0.494. The molecule has 0 aliphatic carbocycles. The first-order chi connectivity index (χ1) is 8.24. The van der Waals surface area contributed by atoms with Crippen LogP contribution in [0.4, 0.5) is 5.69 Å². The molecule has 0 amide bonds. The van der Waals surface area contributed by atoms with Gasteiger partial charge in [-0.05, 0) is 28.8 Å². The lowest BCUT2D eigenvalue weighted by atomic mass is 10.1. The zero-order chi connectivity index (χ0) is 12.3. The Morgan fingerprint density at radius 2 is 1.76 bits per heavy atom. The highest BCUT2D eigenvalue weighted by Crippen LogP contribution is 2.38. The second-order valence-electron chi connectivity index (χ2n) is 4.13. The van der Waals surface area contributed by atoms with E-state index >= 15 is 0 Å². The molecule has 1 N–H and O–H groups in total. The van der Waals surface area contributed by atoms with Crippen molar-refractivity contribution >= 4 is 21.6 Å². The van der Waals surface area contributed by atoms with E-state index in [1.807, 2.05) is 12.1 Å². The number of hydrogen-bond acceptors (Lipinski definition) is 3. The third-order valence-corrected chi connectivity index (χ3v) is 3.63. The molecule has 0 spiro atoms. The molecule has 1 aliphatic rings. The molecule has 1 heterocycles. The van der Waals surface area contributed by atoms with Crippen molar-refractivity contribution in [3.63, 3.8) is 0 Å². The Bertz CT molecular complexity index is 391. The molecule has 0 unspecified atom stereocenters. The first-order valence-corrected chi connectivity index (χ1v) is 6.89. The van der Waals surface area contributed by atoms with Crippen molar-refractivity contribution in [1.82, 2.24) is 0 Å². The number of benzene rings is 1. The number of ether oxygens (including phenoxy) is 2. The Hall–Kier alpha value is -0.900. The van der Waals surface area contributed by atoms with Gasteiger partial charge in [-0.15, -0.1) is 0 Å². The van der Waals surface area contributed by atoms with Gasteiger partial charge in [0.15, 0.2) is 11.5 Å². The van der Waals surface area contributed by atoms with Crippen molar-refractivity contribution in [1.29, 1.82) is 0 Å². The van der Waals surface area contributed by atoms with E-state index in [1.165, 1.54) is 0 Å². The highest BCUT2D eigenvalue weighted by Gasteiger charge is 2.15. The molecule has 3 nitrogen and oxygen atoms in total. The Morgan fingerprint density at radius 1 is 1.18 bits per heavy atom. The van der Waals surface area contributed by atoms with Gasteiger partial charge < -0.3 is 14.8 Å². The monoisotopic (exact) mass is 299 g/mol. The van der Waals surface area contributed by atoms with Crippen LogP contribution in [0.25, 0.3) is 0 Å². The smallest absolute Gasteiger partial charge is 0.163 e. The number of fused-ring (bicyclic) bond motifs is 1. The van der Waals surface area contributed by atoms with Crippen LogP contribution in [0.2, 0.25) is 0 Å². The summed E-state index contributed by atoms with van der Waals surface area (Å²) in [7, 11) is 0. The second-order valence-corrected chi connectivity index (χ2v) is 4.99. The molecule has 1 aromatic carbocycles. The summed E-state index contributed by atoms with van der Waals surface area (Å²) in [6, 6.07) is 4.48. The quantitative estimate of drug-likeness (QED) is 0.917. The van der Waals surface area contributed by atoms with Crippen LogP contribution in [0.1, 0.15) is 26.7 Å². The zero-order valence-corrected chi connectivity index (χ0v) is 11.8. The molecule has 0 radical (unpaired) electrons. The van der Waals surface area contributed by atoms with E-state index in [2.05, 4.69) is 35.1 Å². The number of rotatable bonds is 4. The second kappa shape index (κ2) is 5.63. The molecule has 94 valence electrons. The molecule has 1 aromatic rings. The average molecular weight is 300 g/mol. The van der Waals surface area contributed by atoms with Gasteiger partial charge in [0.1, 0.15) is 13.2 Å². The van der Waals surface area contributed by atoms with Crippen molar-refractivity contribution in [2.45, 2.75) is 32.7 Å². The summed E-state index contributed by atoms with van der Waals surface area (Å²) in [6.07, 6.45) is 2.22. The lowest BCUT2D eigenvalue weighted by Gasteiger charge is -2.22. The van der Waals surface area contributed by atoms with Crippen molar-refractivity contribution in [2.75, 3.05) is 18.5 Å². The fourth-order valence-corrected chi connectivity index (χ4v) is 2.32. The van der Waals surface area contributed by atoms with Crippen LogP contribution < -0.4 is 14.8 Å². The number of nitrogens with one attached hydrogen (secondary N) is 1. The first kappa shape index (κ1) is 12.6. The molecule has 0 aromatic heterocycles. The van der Waals surface area contributed by atoms with Crippen LogP contribution in [0.15, 0.2) is 16.6 Å². The zero-order valence-electron chi connectivity index (χ0n) is 10.3. The number of hydrogen-bond donors (Lipinski definition) is 1. The van der Waals surface area contributed by atoms with Gasteiger partial charge in [0.05, 0.1) is 5.69 Å². The van der Waals surface area contributed by atoms with Crippen LogP contribution >= 0.6 is 15.9 Å². The molecule has 0 saturated carbocycles. The Kier molecular flexibility index (Phi) is 4.15. The summed E-state index contributed by atoms with van der Waals surface area (Å²) >= 11 is 3.56. The largest absolute Gasteiger partial charge is 0.486 e. The molecule has 2 rings (SSSR count). The van der Waals surface area contributed by atoms with E-state index in [0.717, 1.165) is 34.5 Å². The third-order valence-electron chi connectivity index (χ3n) is 2.98. The van der Waals surface area contributed by atoms with Gasteiger partial charge in [-0.3, -0.25) is 0 Å². The van der Waals surface area contributed by atoms with Gasteiger partial charge in [0.25, 0.3) is 0 Å². The summed E-state index contributed by atoms with van der Waals surface area (Å²) in [5, 5.41) is 3.51. The Labute approximate surface area is 111 Å². The van der Waals surface area contributed by atoms with Gasteiger partial charge in [-0.2, -0.15) is 0 Å². The SMILES string of the molecule is CCC(CC)Nc1cc2c(cc1Br)OCCO2. The highest BCUT2D eigenvalue weighted by molar-refractivity contribution is 9.10. The third kappa shape index (κ3) is 2.86. The van der Waals surface area contributed by atoms with Crippen molar-refractivity contribution in [3.05, 3.63) is 16.6 Å². The van der Waals surface area contributed by atoms with Crippen molar-refractivity contribution < 1.29 is 9.47 Å². The Morgan fingerprint density at radius 3 is 2.35 bits per heavy atom. The fraction of sp³-hybridized carbons (Fsp3) is 0.538. The maximum absolute atomic E-state index is 5.58. The van der Waals surface area contributed by atoms with Gasteiger partial charge in [-0.25, -0.2) is 0 Å². The van der Waals surface area contributed by atoms with Gasteiger partial charge >= 0.3 is 0 Å². The molecule has 0 fully saturated rings. The molecule has 17 heavy (non-hydrogen) atoms. The minimum absolute atomic E-state index is 0.494. The standard InChI is InChI=1S/C13H18BrNO2/c1-3-9(4-2)15-11-8-13-12(7-10(11)14)16-5-6-17-13/h7-9,15H,3-6H2,1-2H3. The van der Waals surface area contributed by atoms with Crippen LogP contribution in [0.5, 0.6) is 11.5 Å². The first-order valence-electron chi connectivity index (χ1n) is 6.10.